The van der Waals surface area contributed by atoms with E-state index in [9.17, 15) is 26.0 Å². The van der Waals surface area contributed by atoms with Crippen molar-refractivity contribution in [2.24, 2.45) is 5.92 Å². The molecule has 1 fully saturated rings. The number of hydrogen-bond acceptors (Lipinski definition) is 7. The molecule has 0 spiro atoms. The second kappa shape index (κ2) is 9.32. The first-order chi connectivity index (χ1) is 14.9. The summed E-state index contributed by atoms with van der Waals surface area (Å²) in [5.41, 5.74) is -0.0159. The van der Waals surface area contributed by atoms with E-state index >= 15 is 0 Å². The molecule has 1 aliphatic rings. The molecule has 3 rings (SSSR count). The zero-order chi connectivity index (χ0) is 23.5. The van der Waals surface area contributed by atoms with Gasteiger partial charge in [-0.2, -0.15) is 0 Å². The highest BCUT2D eigenvalue weighted by atomic mass is 32.2. The summed E-state index contributed by atoms with van der Waals surface area (Å²) in [6.07, 6.45) is 2.39. The maximum absolute atomic E-state index is 14.3. The standard InChI is InChI=1S/C18H21F4N7O2S/c1-32(30,31)27-7-11-9-29(5-4-18(11,21)22)16-6-13(25-10-26-16)14-8-24-15(28-14)3-2-12(23)17(19)20/h2-3,6,8,10-11,17,23,27H,4-5,7,9H2,1H3,(H,24,28)/b3-2-,23-12?. The number of hydrogen-bond donors (Lipinski definition) is 3. The van der Waals surface area contributed by atoms with Crippen LogP contribution in [0.2, 0.25) is 0 Å². The Morgan fingerprint density at radius 1 is 1.41 bits per heavy atom. The highest BCUT2D eigenvalue weighted by Crippen LogP contribution is 2.35. The fourth-order valence-corrected chi connectivity index (χ4v) is 3.62. The fourth-order valence-electron chi connectivity index (χ4n) is 3.11. The molecule has 9 nitrogen and oxygen atoms in total. The van der Waals surface area contributed by atoms with E-state index in [1.54, 1.807) is 11.0 Å². The molecule has 0 radical (unpaired) electrons. The molecule has 0 bridgehead atoms. The predicted octanol–water partition coefficient (Wildman–Crippen LogP) is 2.18. The Morgan fingerprint density at radius 3 is 2.84 bits per heavy atom. The largest absolute Gasteiger partial charge is 0.356 e. The van der Waals surface area contributed by atoms with Crippen LogP contribution in [0.15, 0.2) is 24.7 Å². The van der Waals surface area contributed by atoms with Gasteiger partial charge in [-0.25, -0.2) is 45.7 Å². The first-order valence-corrected chi connectivity index (χ1v) is 11.3. The maximum Gasteiger partial charge on any atom is 0.279 e. The van der Waals surface area contributed by atoms with Gasteiger partial charge < -0.3 is 9.88 Å². The van der Waals surface area contributed by atoms with Crippen LogP contribution < -0.4 is 9.62 Å². The predicted molar refractivity (Wildman–Crippen MR) is 110 cm³/mol. The molecule has 2 aromatic rings. The summed E-state index contributed by atoms with van der Waals surface area (Å²) in [4.78, 5) is 16.8. The van der Waals surface area contributed by atoms with Gasteiger partial charge in [0.25, 0.3) is 12.3 Å². The number of rotatable bonds is 8. The van der Waals surface area contributed by atoms with Gasteiger partial charge in [0.15, 0.2) is 0 Å². The summed E-state index contributed by atoms with van der Waals surface area (Å²) in [7, 11) is -3.61. The van der Waals surface area contributed by atoms with Crippen molar-refractivity contribution in [1.82, 2.24) is 24.7 Å². The average Bonchev–Trinajstić information content (AvgIpc) is 3.19. The molecule has 1 unspecified atom stereocenters. The third-order valence-electron chi connectivity index (χ3n) is 4.85. The molecule has 0 aliphatic carbocycles. The Bertz CT molecular complexity index is 1100. The number of sulfonamides is 1. The smallest absolute Gasteiger partial charge is 0.279 e. The van der Waals surface area contributed by atoms with E-state index in [1.807, 2.05) is 0 Å². The van der Waals surface area contributed by atoms with Crippen LogP contribution in [-0.4, -0.2) is 72.3 Å². The maximum atomic E-state index is 14.3. The SMILES string of the molecule is CS(=O)(=O)NCC1CN(c2cc(-c3cnc(/C=C\C(=N)C(F)F)[nH]3)ncn2)CCC1(F)F. The van der Waals surface area contributed by atoms with Crippen molar-refractivity contribution < 1.29 is 26.0 Å². The number of nitrogens with zero attached hydrogens (tertiary/aromatic N) is 4. The lowest BCUT2D eigenvalue weighted by atomic mass is 9.93. The van der Waals surface area contributed by atoms with Gasteiger partial charge in [-0.05, 0) is 12.2 Å². The highest BCUT2D eigenvalue weighted by molar-refractivity contribution is 7.88. The number of alkyl halides is 4. The van der Waals surface area contributed by atoms with Crippen molar-refractivity contribution in [1.29, 1.82) is 5.41 Å². The van der Waals surface area contributed by atoms with Crippen molar-refractivity contribution in [3.05, 3.63) is 30.5 Å². The van der Waals surface area contributed by atoms with E-state index in [1.165, 1.54) is 18.6 Å². The van der Waals surface area contributed by atoms with Crippen LogP contribution in [0, 0.1) is 11.3 Å². The Labute approximate surface area is 181 Å². The van der Waals surface area contributed by atoms with Gasteiger partial charge in [0.2, 0.25) is 10.0 Å². The van der Waals surface area contributed by atoms with Crippen molar-refractivity contribution in [3.63, 3.8) is 0 Å². The second-order valence-corrected chi connectivity index (χ2v) is 9.14. The normalized spacial score (nSPS) is 19.1. The molecule has 1 aliphatic heterocycles. The average molecular weight is 475 g/mol. The fraction of sp³-hybridized carbons (Fsp3) is 0.444. The molecule has 3 N–H and O–H groups in total. The lowest BCUT2D eigenvalue weighted by molar-refractivity contribution is -0.0695. The number of aromatic nitrogens is 4. The zero-order valence-corrected chi connectivity index (χ0v) is 17.7. The number of H-pyrrole nitrogens is 1. The quantitative estimate of drug-likeness (QED) is 0.397. The highest BCUT2D eigenvalue weighted by Gasteiger charge is 2.44. The molecule has 14 heteroatoms. The lowest BCUT2D eigenvalue weighted by Gasteiger charge is -2.39. The minimum absolute atomic E-state index is 0.0194. The molecule has 174 valence electrons. The lowest BCUT2D eigenvalue weighted by Crippen LogP contribution is -2.51. The topological polar surface area (TPSA) is 128 Å². The van der Waals surface area contributed by atoms with Crippen LogP contribution in [0.3, 0.4) is 0 Å². The Balaban J connectivity index is 1.75. The number of aromatic amines is 1. The van der Waals surface area contributed by atoms with E-state index < -0.39 is 47.0 Å². The van der Waals surface area contributed by atoms with Gasteiger partial charge in [0.1, 0.15) is 18.0 Å². The van der Waals surface area contributed by atoms with Gasteiger partial charge in [0.05, 0.1) is 35.5 Å². The number of piperidine rings is 1. The minimum atomic E-state index is -3.61. The summed E-state index contributed by atoms with van der Waals surface area (Å²) < 4.78 is 78.1. The first-order valence-electron chi connectivity index (χ1n) is 9.44. The number of nitrogens with one attached hydrogen (secondary N) is 3. The van der Waals surface area contributed by atoms with E-state index in [-0.39, 0.29) is 18.9 Å². The van der Waals surface area contributed by atoms with Crippen molar-refractivity contribution in [2.75, 3.05) is 30.8 Å². The summed E-state index contributed by atoms with van der Waals surface area (Å²) >= 11 is 0. The van der Waals surface area contributed by atoms with Gasteiger partial charge in [-0.3, -0.25) is 5.41 Å². The number of imidazole rings is 1. The van der Waals surface area contributed by atoms with Gasteiger partial charge in [-0.1, -0.05) is 0 Å². The summed E-state index contributed by atoms with van der Waals surface area (Å²) in [6, 6.07) is 1.56. The minimum Gasteiger partial charge on any atom is -0.356 e. The molecule has 1 saturated heterocycles. The van der Waals surface area contributed by atoms with Gasteiger partial charge in [-0.15, -0.1) is 0 Å². The third-order valence-corrected chi connectivity index (χ3v) is 5.54. The summed E-state index contributed by atoms with van der Waals surface area (Å²) in [5, 5.41) is 7.12. The monoisotopic (exact) mass is 475 g/mol. The molecule has 1 atom stereocenters. The van der Waals surface area contributed by atoms with Crippen molar-refractivity contribution >= 4 is 27.6 Å². The Morgan fingerprint density at radius 2 is 2.16 bits per heavy atom. The Kier molecular flexibility index (Phi) is 6.93. The summed E-state index contributed by atoms with van der Waals surface area (Å²) in [5.74, 6) is -3.66. The van der Waals surface area contributed by atoms with E-state index in [4.69, 9.17) is 5.41 Å². The Hall–Kier alpha value is -2.87. The van der Waals surface area contributed by atoms with Crippen LogP contribution in [0.1, 0.15) is 12.2 Å². The van der Waals surface area contributed by atoms with E-state index in [0.29, 0.717) is 17.2 Å². The van der Waals surface area contributed by atoms with Crippen molar-refractivity contribution in [3.8, 4) is 11.4 Å². The third kappa shape index (κ3) is 6.09. The number of allylic oxidation sites excluding steroid dienone is 1. The molecule has 0 amide bonds. The van der Waals surface area contributed by atoms with E-state index in [2.05, 4.69) is 24.7 Å². The van der Waals surface area contributed by atoms with E-state index in [0.717, 1.165) is 12.3 Å². The number of halogens is 4. The van der Waals surface area contributed by atoms with Crippen LogP contribution >= 0.6 is 0 Å². The van der Waals surface area contributed by atoms with Gasteiger partial charge >= 0.3 is 0 Å². The second-order valence-electron chi connectivity index (χ2n) is 7.31. The van der Waals surface area contributed by atoms with Gasteiger partial charge in [0, 0.05) is 32.1 Å². The van der Waals surface area contributed by atoms with Crippen LogP contribution in [0.5, 0.6) is 0 Å². The van der Waals surface area contributed by atoms with Crippen LogP contribution in [0.4, 0.5) is 23.4 Å². The molecule has 0 aromatic carbocycles. The molecular weight excluding hydrogens is 454 g/mol. The zero-order valence-electron chi connectivity index (χ0n) is 16.9. The molecule has 32 heavy (non-hydrogen) atoms. The molecule has 3 heterocycles. The molecular formula is C18H21F4N7O2S. The first kappa shape index (κ1) is 23.8. The number of anilines is 1. The van der Waals surface area contributed by atoms with Crippen LogP contribution in [-0.2, 0) is 10.0 Å². The molecule has 2 aromatic heterocycles. The van der Waals surface area contributed by atoms with Crippen LogP contribution in [0.25, 0.3) is 17.5 Å². The van der Waals surface area contributed by atoms with Crippen molar-refractivity contribution in [2.45, 2.75) is 18.8 Å². The summed E-state index contributed by atoms with van der Waals surface area (Å²) in [6.45, 7) is -0.492. The molecule has 0 saturated carbocycles.